The van der Waals surface area contributed by atoms with Crippen molar-refractivity contribution in [3.05, 3.63) is 40.6 Å². The van der Waals surface area contributed by atoms with Gasteiger partial charge in [-0.2, -0.15) is 0 Å². The zero-order valence-corrected chi connectivity index (χ0v) is 16.3. The molecule has 0 atom stereocenters. The lowest BCUT2D eigenvalue weighted by Gasteiger charge is -2.20. The van der Waals surface area contributed by atoms with Gasteiger partial charge in [-0.15, -0.1) is 0 Å². The van der Waals surface area contributed by atoms with Crippen molar-refractivity contribution in [3.8, 4) is 11.6 Å². The molecule has 0 radical (unpaired) electrons. The topological polar surface area (TPSA) is 82.0 Å². The Kier molecular flexibility index (Phi) is 5.38. The minimum atomic E-state index is -0.385. The van der Waals surface area contributed by atoms with E-state index >= 15 is 0 Å². The Morgan fingerprint density at radius 2 is 1.79 bits per heavy atom. The standard InChI is InChI=1S/C20H26N6O2/c1-2-24-18(26(27)28)15-21-19(24)20-22-16-9-5-6-10-17(16)25(20)14-13-23-11-7-3-4-8-12-23/h5-6,9-10,15H,2-4,7-8,11-14H2,1H3. The molecule has 2 aromatic heterocycles. The summed E-state index contributed by atoms with van der Waals surface area (Å²) in [6, 6.07) is 8.01. The van der Waals surface area contributed by atoms with Crippen molar-refractivity contribution in [3.63, 3.8) is 0 Å². The maximum Gasteiger partial charge on any atom is 0.343 e. The van der Waals surface area contributed by atoms with Gasteiger partial charge in [-0.05, 0) is 49.9 Å². The minimum Gasteiger partial charge on any atom is -0.358 e. The maximum atomic E-state index is 11.4. The molecule has 1 saturated heterocycles. The summed E-state index contributed by atoms with van der Waals surface area (Å²) in [6.45, 7) is 6.37. The lowest BCUT2D eigenvalue weighted by molar-refractivity contribution is -0.392. The van der Waals surface area contributed by atoms with Gasteiger partial charge in [0.25, 0.3) is 5.82 Å². The molecule has 1 fully saturated rings. The molecule has 28 heavy (non-hydrogen) atoms. The molecule has 1 aromatic carbocycles. The van der Waals surface area contributed by atoms with Gasteiger partial charge in [-0.3, -0.25) is 0 Å². The van der Waals surface area contributed by atoms with Gasteiger partial charge in [0, 0.05) is 13.1 Å². The molecule has 4 rings (SSSR count). The van der Waals surface area contributed by atoms with Gasteiger partial charge in [0.15, 0.2) is 0 Å². The zero-order chi connectivity index (χ0) is 19.5. The Morgan fingerprint density at radius 3 is 2.50 bits per heavy atom. The van der Waals surface area contributed by atoms with Crippen molar-refractivity contribution in [2.24, 2.45) is 0 Å². The predicted molar refractivity (Wildman–Crippen MR) is 108 cm³/mol. The van der Waals surface area contributed by atoms with Crippen LogP contribution in [0.15, 0.2) is 30.5 Å². The average molecular weight is 382 g/mol. The van der Waals surface area contributed by atoms with Crippen LogP contribution in [-0.2, 0) is 13.1 Å². The first-order valence-corrected chi connectivity index (χ1v) is 10.1. The summed E-state index contributed by atoms with van der Waals surface area (Å²) < 4.78 is 3.79. The van der Waals surface area contributed by atoms with Crippen molar-refractivity contribution >= 4 is 16.9 Å². The number of hydrogen-bond acceptors (Lipinski definition) is 5. The second kappa shape index (κ2) is 8.10. The Labute approximate surface area is 164 Å². The van der Waals surface area contributed by atoms with Crippen LogP contribution >= 0.6 is 0 Å². The van der Waals surface area contributed by atoms with E-state index in [2.05, 4.69) is 20.5 Å². The highest BCUT2D eigenvalue weighted by atomic mass is 16.6. The van der Waals surface area contributed by atoms with Gasteiger partial charge < -0.3 is 19.6 Å². The first-order chi connectivity index (χ1) is 13.7. The summed E-state index contributed by atoms with van der Waals surface area (Å²) in [4.78, 5) is 22.6. The number of fused-ring (bicyclic) bond motifs is 1. The second-order valence-electron chi connectivity index (χ2n) is 7.27. The third-order valence-corrected chi connectivity index (χ3v) is 5.53. The summed E-state index contributed by atoms with van der Waals surface area (Å²) in [6.07, 6.45) is 6.46. The summed E-state index contributed by atoms with van der Waals surface area (Å²) in [5.74, 6) is 1.26. The molecule has 8 nitrogen and oxygen atoms in total. The molecule has 1 aliphatic rings. The van der Waals surface area contributed by atoms with Crippen molar-refractivity contribution in [2.45, 2.75) is 45.7 Å². The normalized spacial score (nSPS) is 15.8. The fourth-order valence-corrected chi connectivity index (χ4v) is 4.08. The molecule has 8 heteroatoms. The number of rotatable bonds is 6. The van der Waals surface area contributed by atoms with Gasteiger partial charge in [0.05, 0.1) is 17.6 Å². The third kappa shape index (κ3) is 3.52. The molecule has 0 amide bonds. The first kappa shape index (κ1) is 18.6. The number of para-hydroxylation sites is 2. The van der Waals surface area contributed by atoms with E-state index in [0.29, 0.717) is 18.2 Å². The van der Waals surface area contributed by atoms with Crippen LogP contribution in [-0.4, -0.2) is 48.6 Å². The number of aromatic nitrogens is 4. The highest BCUT2D eigenvalue weighted by Gasteiger charge is 2.25. The number of imidazole rings is 2. The van der Waals surface area contributed by atoms with Gasteiger partial charge in [0.1, 0.15) is 6.20 Å². The van der Waals surface area contributed by atoms with Gasteiger partial charge >= 0.3 is 5.82 Å². The van der Waals surface area contributed by atoms with E-state index in [1.807, 2.05) is 25.1 Å². The molecule has 0 aliphatic carbocycles. The molecule has 0 N–H and O–H groups in total. The van der Waals surface area contributed by atoms with E-state index in [1.54, 1.807) is 4.57 Å². The van der Waals surface area contributed by atoms with Crippen LogP contribution in [0.1, 0.15) is 32.6 Å². The quantitative estimate of drug-likeness (QED) is 0.479. The SMILES string of the molecule is CCn1c([N+](=O)[O-])cnc1-c1nc2ccccc2n1CCN1CCCCCC1. The lowest BCUT2D eigenvalue weighted by atomic mass is 10.2. The number of hydrogen-bond donors (Lipinski definition) is 0. The van der Waals surface area contributed by atoms with E-state index in [4.69, 9.17) is 4.98 Å². The molecule has 0 saturated carbocycles. The van der Waals surface area contributed by atoms with Crippen LogP contribution in [0, 0.1) is 10.1 Å². The van der Waals surface area contributed by atoms with Crippen LogP contribution in [0.3, 0.4) is 0 Å². The smallest absolute Gasteiger partial charge is 0.343 e. The maximum absolute atomic E-state index is 11.4. The van der Waals surface area contributed by atoms with Crippen LogP contribution in [0.5, 0.6) is 0 Å². The molecule has 1 aliphatic heterocycles. The van der Waals surface area contributed by atoms with Crippen molar-refractivity contribution in [1.82, 2.24) is 24.0 Å². The van der Waals surface area contributed by atoms with E-state index in [1.165, 1.54) is 31.9 Å². The first-order valence-electron chi connectivity index (χ1n) is 10.1. The van der Waals surface area contributed by atoms with Crippen molar-refractivity contribution in [1.29, 1.82) is 0 Å². The van der Waals surface area contributed by atoms with Crippen LogP contribution in [0.25, 0.3) is 22.7 Å². The predicted octanol–water partition coefficient (Wildman–Crippen LogP) is 3.70. The molecule has 3 heterocycles. The van der Waals surface area contributed by atoms with E-state index in [-0.39, 0.29) is 10.7 Å². The molecule has 148 valence electrons. The minimum absolute atomic E-state index is 0.00336. The average Bonchev–Trinajstić information content (AvgIpc) is 3.18. The monoisotopic (exact) mass is 382 g/mol. The Hall–Kier alpha value is -2.74. The fraction of sp³-hybridized carbons (Fsp3) is 0.500. The number of nitro groups is 1. The third-order valence-electron chi connectivity index (χ3n) is 5.53. The highest BCUT2D eigenvalue weighted by molar-refractivity contribution is 5.79. The summed E-state index contributed by atoms with van der Waals surface area (Å²) in [5, 5.41) is 11.4. The lowest BCUT2D eigenvalue weighted by Crippen LogP contribution is -2.28. The van der Waals surface area contributed by atoms with Crippen molar-refractivity contribution in [2.75, 3.05) is 19.6 Å². The zero-order valence-electron chi connectivity index (χ0n) is 16.3. The van der Waals surface area contributed by atoms with Crippen LogP contribution in [0.4, 0.5) is 5.82 Å². The summed E-state index contributed by atoms with van der Waals surface area (Å²) in [7, 11) is 0. The second-order valence-corrected chi connectivity index (χ2v) is 7.27. The van der Waals surface area contributed by atoms with Crippen LogP contribution < -0.4 is 0 Å². The van der Waals surface area contributed by atoms with Gasteiger partial charge in [0.2, 0.25) is 5.82 Å². The molecule has 3 aromatic rings. The molecular weight excluding hydrogens is 356 g/mol. The Balaban J connectivity index is 1.72. The highest BCUT2D eigenvalue weighted by Crippen LogP contribution is 2.27. The number of benzene rings is 1. The number of likely N-dealkylation sites (tertiary alicyclic amines) is 1. The summed E-state index contributed by atoms with van der Waals surface area (Å²) >= 11 is 0. The van der Waals surface area contributed by atoms with Crippen molar-refractivity contribution < 1.29 is 4.92 Å². The molecule has 0 unspecified atom stereocenters. The van der Waals surface area contributed by atoms with Gasteiger partial charge in [-0.1, -0.05) is 25.0 Å². The molecule has 0 spiro atoms. The fourth-order valence-electron chi connectivity index (χ4n) is 4.08. The van der Waals surface area contributed by atoms with Crippen LogP contribution in [0.2, 0.25) is 0 Å². The van der Waals surface area contributed by atoms with E-state index in [9.17, 15) is 10.1 Å². The Bertz CT molecular complexity index is 968. The molecule has 0 bridgehead atoms. The van der Waals surface area contributed by atoms with E-state index < -0.39 is 0 Å². The molecular formula is C20H26N6O2. The Morgan fingerprint density at radius 1 is 1.04 bits per heavy atom. The van der Waals surface area contributed by atoms with Gasteiger partial charge in [-0.25, -0.2) is 14.5 Å². The summed E-state index contributed by atoms with van der Waals surface area (Å²) in [5.41, 5.74) is 1.93. The number of nitrogens with zero attached hydrogens (tertiary/aromatic N) is 6. The van der Waals surface area contributed by atoms with E-state index in [0.717, 1.165) is 37.2 Å². The largest absolute Gasteiger partial charge is 0.358 e.